The van der Waals surface area contributed by atoms with Crippen molar-refractivity contribution in [3.8, 4) is 0 Å². The molecule has 0 aliphatic carbocycles. The van der Waals surface area contributed by atoms with E-state index in [0.29, 0.717) is 5.15 Å². The Morgan fingerprint density at radius 2 is 1.94 bits per heavy atom. The lowest BCUT2D eigenvalue weighted by Crippen LogP contribution is -2.32. The molecule has 1 aromatic rings. The fraction of sp³-hybridized carbons (Fsp3) is 0.615. The molecule has 2 heterocycles. The second-order valence-corrected chi connectivity index (χ2v) is 5.03. The van der Waals surface area contributed by atoms with Crippen LogP contribution < -0.4 is 0 Å². The molecule has 100 valence electrons. The van der Waals surface area contributed by atoms with Gasteiger partial charge in [0.2, 0.25) is 0 Å². The van der Waals surface area contributed by atoms with Crippen LogP contribution in [-0.2, 0) is 6.54 Å². The summed E-state index contributed by atoms with van der Waals surface area (Å²) in [5, 5.41) is 9.52. The summed E-state index contributed by atoms with van der Waals surface area (Å²) < 4.78 is 0. The Morgan fingerprint density at radius 3 is 2.72 bits per heavy atom. The van der Waals surface area contributed by atoms with Crippen LogP contribution in [0.1, 0.15) is 12.1 Å². The molecule has 4 nitrogen and oxygen atoms in total. The Labute approximate surface area is 113 Å². The van der Waals surface area contributed by atoms with E-state index in [4.69, 9.17) is 16.7 Å². The molecule has 0 spiro atoms. The van der Waals surface area contributed by atoms with Gasteiger partial charge in [-0.25, -0.2) is 4.98 Å². The Balaban J connectivity index is 1.87. The summed E-state index contributed by atoms with van der Waals surface area (Å²) in [6, 6.07) is 5.76. The number of nitrogens with zero attached hydrogens (tertiary/aromatic N) is 3. The molecular formula is C13H20ClN3O. The van der Waals surface area contributed by atoms with Crippen LogP contribution in [0.5, 0.6) is 0 Å². The topological polar surface area (TPSA) is 39.6 Å². The van der Waals surface area contributed by atoms with Crippen molar-refractivity contribution in [2.75, 3.05) is 39.3 Å². The van der Waals surface area contributed by atoms with Crippen LogP contribution in [0.2, 0.25) is 5.15 Å². The second-order valence-electron chi connectivity index (χ2n) is 4.65. The quantitative estimate of drug-likeness (QED) is 0.835. The molecule has 0 aromatic carbocycles. The normalized spacial score (nSPS) is 18.8. The zero-order valence-corrected chi connectivity index (χ0v) is 11.3. The van der Waals surface area contributed by atoms with Crippen LogP contribution in [0.3, 0.4) is 0 Å². The van der Waals surface area contributed by atoms with E-state index in [1.54, 1.807) is 6.07 Å². The number of β-amino-alcohol motifs (C(OH)–C–C–N with tert-alkyl or cyclic N) is 1. The highest BCUT2D eigenvalue weighted by Crippen LogP contribution is 2.10. The van der Waals surface area contributed by atoms with Crippen LogP contribution in [0.4, 0.5) is 0 Å². The van der Waals surface area contributed by atoms with Gasteiger partial charge in [-0.15, -0.1) is 0 Å². The van der Waals surface area contributed by atoms with Crippen molar-refractivity contribution in [1.82, 2.24) is 14.8 Å². The number of hydrogen-bond donors (Lipinski definition) is 1. The van der Waals surface area contributed by atoms with E-state index in [9.17, 15) is 0 Å². The summed E-state index contributed by atoms with van der Waals surface area (Å²) in [4.78, 5) is 9.03. The maximum atomic E-state index is 8.96. The van der Waals surface area contributed by atoms with Gasteiger partial charge in [-0.1, -0.05) is 17.7 Å². The van der Waals surface area contributed by atoms with Gasteiger partial charge >= 0.3 is 0 Å². The van der Waals surface area contributed by atoms with Crippen LogP contribution in [-0.4, -0.2) is 59.2 Å². The zero-order valence-electron chi connectivity index (χ0n) is 10.6. The predicted molar refractivity (Wildman–Crippen MR) is 72.7 cm³/mol. The summed E-state index contributed by atoms with van der Waals surface area (Å²) in [5.41, 5.74) is 1.03. The van der Waals surface area contributed by atoms with Gasteiger partial charge in [0.05, 0.1) is 12.3 Å². The molecule has 0 bridgehead atoms. The molecule has 18 heavy (non-hydrogen) atoms. The van der Waals surface area contributed by atoms with Gasteiger partial charge in [0.25, 0.3) is 0 Å². The first-order valence-corrected chi connectivity index (χ1v) is 6.83. The van der Waals surface area contributed by atoms with Crippen molar-refractivity contribution in [2.45, 2.75) is 13.0 Å². The molecule has 5 heteroatoms. The number of aliphatic hydroxyl groups excluding tert-OH is 1. The molecule has 1 aliphatic heterocycles. The van der Waals surface area contributed by atoms with Crippen LogP contribution in [0.25, 0.3) is 0 Å². The first kappa shape index (κ1) is 13.7. The first-order valence-electron chi connectivity index (χ1n) is 6.45. The van der Waals surface area contributed by atoms with Crippen molar-refractivity contribution >= 4 is 11.6 Å². The number of pyridine rings is 1. The van der Waals surface area contributed by atoms with Crippen molar-refractivity contribution < 1.29 is 5.11 Å². The van der Waals surface area contributed by atoms with E-state index >= 15 is 0 Å². The van der Waals surface area contributed by atoms with Crippen LogP contribution in [0.15, 0.2) is 18.2 Å². The van der Waals surface area contributed by atoms with Crippen molar-refractivity contribution in [2.24, 2.45) is 0 Å². The minimum Gasteiger partial charge on any atom is -0.395 e. The smallest absolute Gasteiger partial charge is 0.129 e. The highest BCUT2D eigenvalue weighted by Gasteiger charge is 2.14. The highest BCUT2D eigenvalue weighted by atomic mass is 35.5. The first-order chi connectivity index (χ1) is 8.78. The second kappa shape index (κ2) is 7.04. The minimum atomic E-state index is 0.246. The van der Waals surface area contributed by atoms with Crippen molar-refractivity contribution in [3.05, 3.63) is 29.0 Å². The van der Waals surface area contributed by atoms with E-state index in [0.717, 1.165) is 51.4 Å². The zero-order chi connectivity index (χ0) is 12.8. The molecule has 0 unspecified atom stereocenters. The minimum absolute atomic E-state index is 0.246. The fourth-order valence-corrected chi connectivity index (χ4v) is 2.50. The summed E-state index contributed by atoms with van der Waals surface area (Å²) in [6.45, 7) is 6.07. The third kappa shape index (κ3) is 4.21. The Hall–Kier alpha value is -0.680. The lowest BCUT2D eigenvalue weighted by molar-refractivity contribution is 0.195. The number of hydrogen-bond acceptors (Lipinski definition) is 4. The highest BCUT2D eigenvalue weighted by molar-refractivity contribution is 6.29. The van der Waals surface area contributed by atoms with Crippen molar-refractivity contribution in [1.29, 1.82) is 0 Å². The third-order valence-corrected chi connectivity index (χ3v) is 3.47. The van der Waals surface area contributed by atoms with Gasteiger partial charge in [-0.2, -0.15) is 0 Å². The Bertz CT molecular complexity index is 375. The lowest BCUT2D eigenvalue weighted by atomic mass is 10.3. The van der Waals surface area contributed by atoms with E-state index in [1.807, 2.05) is 12.1 Å². The van der Waals surface area contributed by atoms with E-state index in [2.05, 4.69) is 14.8 Å². The number of aliphatic hydroxyl groups is 1. The largest absolute Gasteiger partial charge is 0.395 e. The fourth-order valence-electron chi connectivity index (χ4n) is 2.31. The van der Waals surface area contributed by atoms with Crippen LogP contribution >= 0.6 is 11.6 Å². The Kier molecular flexibility index (Phi) is 5.38. The third-order valence-electron chi connectivity index (χ3n) is 3.26. The van der Waals surface area contributed by atoms with Crippen LogP contribution in [0, 0.1) is 0 Å². The number of rotatable bonds is 4. The van der Waals surface area contributed by atoms with Gasteiger partial charge in [0, 0.05) is 26.2 Å². The molecular weight excluding hydrogens is 250 g/mol. The molecule has 0 radical (unpaired) electrons. The van der Waals surface area contributed by atoms with Gasteiger partial charge in [0.1, 0.15) is 5.15 Å². The summed E-state index contributed by atoms with van der Waals surface area (Å²) in [6.07, 6.45) is 1.14. The van der Waals surface area contributed by atoms with Gasteiger partial charge in [-0.3, -0.25) is 9.80 Å². The monoisotopic (exact) mass is 269 g/mol. The SMILES string of the molecule is OCCN1CCCN(Cc2cccc(Cl)n2)CC1. The molecule has 1 fully saturated rings. The standard InChI is InChI=1S/C13H20ClN3O/c14-13-4-1-3-12(15-13)11-17-6-2-5-16(7-8-17)9-10-18/h1,3-4,18H,2,5-11H2. The molecule has 1 saturated heterocycles. The molecule has 1 aromatic heterocycles. The predicted octanol–water partition coefficient (Wildman–Crippen LogP) is 1.23. The molecule has 1 N–H and O–H groups in total. The van der Waals surface area contributed by atoms with Crippen molar-refractivity contribution in [3.63, 3.8) is 0 Å². The molecule has 1 aliphatic rings. The molecule has 2 rings (SSSR count). The maximum absolute atomic E-state index is 8.96. The average Bonchev–Trinajstić information content (AvgIpc) is 2.56. The van der Waals surface area contributed by atoms with Gasteiger partial charge < -0.3 is 5.11 Å². The summed E-state index contributed by atoms with van der Waals surface area (Å²) in [5.74, 6) is 0. The van der Waals surface area contributed by atoms with Gasteiger partial charge in [0.15, 0.2) is 0 Å². The Morgan fingerprint density at radius 1 is 1.17 bits per heavy atom. The average molecular weight is 270 g/mol. The summed E-state index contributed by atoms with van der Waals surface area (Å²) >= 11 is 5.89. The summed E-state index contributed by atoms with van der Waals surface area (Å²) in [7, 11) is 0. The van der Waals surface area contributed by atoms with E-state index in [-0.39, 0.29) is 6.61 Å². The molecule has 0 saturated carbocycles. The number of halogens is 1. The van der Waals surface area contributed by atoms with Gasteiger partial charge in [-0.05, 0) is 31.6 Å². The number of aromatic nitrogens is 1. The van der Waals surface area contributed by atoms with E-state index in [1.165, 1.54) is 0 Å². The van der Waals surface area contributed by atoms with E-state index < -0.39 is 0 Å². The maximum Gasteiger partial charge on any atom is 0.129 e. The lowest BCUT2D eigenvalue weighted by Gasteiger charge is -2.20. The molecule has 0 amide bonds. The molecule has 0 atom stereocenters.